The summed E-state index contributed by atoms with van der Waals surface area (Å²) in [6.45, 7) is 8.72. The van der Waals surface area contributed by atoms with Crippen LogP contribution in [-0.4, -0.2) is 42.3 Å². The van der Waals surface area contributed by atoms with E-state index in [1.807, 2.05) is 26.8 Å². The number of amides is 1. The second-order valence-electron chi connectivity index (χ2n) is 7.00. The number of carbonyl (C=O) groups excluding carboxylic acids is 2. The van der Waals surface area contributed by atoms with E-state index >= 15 is 0 Å². The molecule has 0 atom stereocenters. The van der Waals surface area contributed by atoms with E-state index in [0.717, 1.165) is 5.57 Å². The van der Waals surface area contributed by atoms with Gasteiger partial charge in [-0.2, -0.15) is 5.26 Å². The van der Waals surface area contributed by atoms with Crippen LogP contribution in [0.3, 0.4) is 0 Å². The lowest BCUT2D eigenvalue weighted by molar-refractivity contribution is -0.138. The van der Waals surface area contributed by atoms with Crippen LogP contribution in [-0.2, 0) is 14.3 Å². The zero-order valence-corrected chi connectivity index (χ0v) is 13.6. The normalized spacial score (nSPS) is 18.9. The molecule has 0 aromatic heterocycles. The molecule has 0 radical (unpaired) electrons. The number of esters is 1. The van der Waals surface area contributed by atoms with Crippen LogP contribution in [0.4, 0.5) is 4.79 Å². The molecule has 0 unspecified atom stereocenters. The maximum atomic E-state index is 11.9. The molecule has 1 spiro atoms. The molecule has 0 bridgehead atoms. The lowest BCUT2D eigenvalue weighted by Crippen LogP contribution is -2.62. The van der Waals surface area contributed by atoms with Crippen LogP contribution in [0.15, 0.2) is 11.1 Å². The smallest absolute Gasteiger partial charge is 0.410 e. The number of hydrogen-bond acceptors (Lipinski definition) is 5. The maximum Gasteiger partial charge on any atom is 0.410 e. The highest BCUT2D eigenvalue weighted by Crippen LogP contribution is 2.52. The Hall–Kier alpha value is -2.03. The fourth-order valence-electron chi connectivity index (χ4n) is 2.95. The zero-order chi connectivity index (χ0) is 16.5. The first-order valence-corrected chi connectivity index (χ1v) is 7.47. The second kappa shape index (κ2) is 5.64. The molecule has 0 aromatic rings. The van der Waals surface area contributed by atoms with Crippen LogP contribution < -0.4 is 0 Å². The van der Waals surface area contributed by atoms with Crippen LogP contribution in [0.2, 0.25) is 0 Å². The highest BCUT2D eigenvalue weighted by molar-refractivity contribution is 5.94. The average Bonchev–Trinajstić information content (AvgIpc) is 2.27. The maximum absolute atomic E-state index is 11.9. The van der Waals surface area contributed by atoms with Crippen molar-refractivity contribution >= 4 is 12.1 Å². The molecule has 0 N–H and O–H groups in total. The quantitative estimate of drug-likeness (QED) is 0.444. The average molecular weight is 306 g/mol. The molecule has 1 aliphatic heterocycles. The first-order valence-electron chi connectivity index (χ1n) is 7.47. The van der Waals surface area contributed by atoms with Crippen molar-refractivity contribution in [3.05, 3.63) is 11.1 Å². The van der Waals surface area contributed by atoms with Crippen molar-refractivity contribution in [1.82, 2.24) is 4.90 Å². The largest absolute Gasteiger partial charge is 0.462 e. The molecule has 2 fully saturated rings. The fraction of sp³-hybridized carbons (Fsp3) is 0.688. The molecule has 1 heterocycles. The summed E-state index contributed by atoms with van der Waals surface area (Å²) in [4.78, 5) is 25.2. The molecular formula is C16H22N2O4. The number of carbonyl (C=O) groups is 2. The number of likely N-dealkylation sites (tertiary alicyclic amines) is 1. The Morgan fingerprint density at radius 3 is 2.36 bits per heavy atom. The number of nitriles is 1. The summed E-state index contributed by atoms with van der Waals surface area (Å²) < 4.78 is 10.2. The van der Waals surface area contributed by atoms with E-state index in [2.05, 4.69) is 0 Å². The zero-order valence-electron chi connectivity index (χ0n) is 13.6. The van der Waals surface area contributed by atoms with Crippen molar-refractivity contribution in [1.29, 1.82) is 5.26 Å². The molecule has 1 saturated carbocycles. The van der Waals surface area contributed by atoms with E-state index in [9.17, 15) is 9.59 Å². The Bertz CT molecular complexity index is 550. The summed E-state index contributed by atoms with van der Waals surface area (Å²) in [6, 6.07) is 1.94. The minimum absolute atomic E-state index is 0.0147. The molecule has 22 heavy (non-hydrogen) atoms. The molecule has 1 aliphatic carbocycles. The summed E-state index contributed by atoms with van der Waals surface area (Å²) >= 11 is 0. The van der Waals surface area contributed by atoms with E-state index in [0.29, 0.717) is 25.9 Å². The van der Waals surface area contributed by atoms with Crippen LogP contribution in [0.5, 0.6) is 0 Å². The molecule has 2 rings (SSSR count). The third kappa shape index (κ3) is 3.24. The first-order chi connectivity index (χ1) is 10.2. The fourth-order valence-corrected chi connectivity index (χ4v) is 2.95. The minimum atomic E-state index is -0.543. The predicted octanol–water partition coefficient (Wildman–Crippen LogP) is 2.40. The molecular weight excluding hydrogens is 284 g/mol. The first kappa shape index (κ1) is 16.3. The van der Waals surface area contributed by atoms with Gasteiger partial charge in [-0.15, -0.1) is 0 Å². The topological polar surface area (TPSA) is 79.6 Å². The van der Waals surface area contributed by atoms with E-state index in [1.54, 1.807) is 11.8 Å². The number of allylic oxidation sites excluding steroid dienone is 1. The number of ether oxygens (including phenoxy) is 2. The molecule has 6 heteroatoms. The van der Waals surface area contributed by atoms with Crippen molar-refractivity contribution in [2.24, 2.45) is 5.41 Å². The van der Waals surface area contributed by atoms with Gasteiger partial charge in [-0.25, -0.2) is 9.59 Å². The van der Waals surface area contributed by atoms with Gasteiger partial charge in [0, 0.05) is 18.5 Å². The van der Waals surface area contributed by atoms with Crippen LogP contribution in [0, 0.1) is 16.7 Å². The van der Waals surface area contributed by atoms with Crippen molar-refractivity contribution in [3.8, 4) is 6.07 Å². The van der Waals surface area contributed by atoms with Crippen molar-refractivity contribution in [2.75, 3.05) is 19.7 Å². The van der Waals surface area contributed by atoms with E-state index in [-0.39, 0.29) is 23.7 Å². The van der Waals surface area contributed by atoms with Gasteiger partial charge in [-0.3, -0.25) is 0 Å². The van der Waals surface area contributed by atoms with E-state index < -0.39 is 11.6 Å². The molecule has 0 aromatic carbocycles. The van der Waals surface area contributed by atoms with E-state index in [1.165, 1.54) is 0 Å². The van der Waals surface area contributed by atoms with Gasteiger partial charge >= 0.3 is 12.1 Å². The predicted molar refractivity (Wildman–Crippen MR) is 78.7 cm³/mol. The monoisotopic (exact) mass is 306 g/mol. The second-order valence-corrected chi connectivity index (χ2v) is 7.00. The van der Waals surface area contributed by atoms with Crippen LogP contribution >= 0.6 is 0 Å². The lowest BCUT2D eigenvalue weighted by Gasteiger charge is -2.56. The Kier molecular flexibility index (Phi) is 4.19. The third-order valence-electron chi connectivity index (χ3n) is 3.83. The summed E-state index contributed by atoms with van der Waals surface area (Å²) in [6.07, 6.45) is 1.05. The van der Waals surface area contributed by atoms with Crippen molar-refractivity contribution in [2.45, 2.75) is 46.1 Å². The standard InChI is InChI=1S/C16H22N2O4/c1-5-21-13(19)12(8-17)11-6-16(7-11)9-18(10-16)14(20)22-15(2,3)4/h5-7,9-10H2,1-4H3. The summed E-state index contributed by atoms with van der Waals surface area (Å²) in [5, 5.41) is 9.09. The summed E-state index contributed by atoms with van der Waals surface area (Å²) in [5.41, 5.74) is 0.483. The molecule has 2 aliphatic rings. The SMILES string of the molecule is CCOC(=O)C(C#N)=C1CC2(C1)CN(C(=O)OC(C)(C)C)C2. The molecule has 1 saturated heterocycles. The third-order valence-corrected chi connectivity index (χ3v) is 3.83. The number of hydrogen-bond donors (Lipinski definition) is 0. The van der Waals surface area contributed by atoms with E-state index in [4.69, 9.17) is 14.7 Å². The number of rotatable bonds is 2. The summed E-state index contributed by atoms with van der Waals surface area (Å²) in [7, 11) is 0. The van der Waals surface area contributed by atoms with Gasteiger partial charge in [0.05, 0.1) is 6.61 Å². The Morgan fingerprint density at radius 1 is 1.32 bits per heavy atom. The van der Waals surface area contributed by atoms with Gasteiger partial charge < -0.3 is 14.4 Å². The van der Waals surface area contributed by atoms with Gasteiger partial charge in [-0.05, 0) is 46.1 Å². The summed E-state index contributed by atoms with van der Waals surface area (Å²) in [5.74, 6) is -0.543. The molecule has 1 amide bonds. The molecule has 120 valence electrons. The van der Waals surface area contributed by atoms with Crippen molar-refractivity contribution < 1.29 is 19.1 Å². The van der Waals surface area contributed by atoms with Gasteiger partial charge in [0.2, 0.25) is 0 Å². The van der Waals surface area contributed by atoms with Gasteiger partial charge in [0.25, 0.3) is 0 Å². The minimum Gasteiger partial charge on any atom is -0.462 e. The highest BCUT2D eigenvalue weighted by atomic mass is 16.6. The van der Waals surface area contributed by atoms with Crippen LogP contribution in [0.1, 0.15) is 40.5 Å². The molecule has 6 nitrogen and oxygen atoms in total. The Balaban J connectivity index is 1.89. The Morgan fingerprint density at radius 2 is 1.91 bits per heavy atom. The van der Waals surface area contributed by atoms with Gasteiger partial charge in [-0.1, -0.05) is 0 Å². The van der Waals surface area contributed by atoms with Gasteiger partial charge in [0.1, 0.15) is 17.2 Å². The lowest BCUT2D eigenvalue weighted by atomic mass is 9.60. The highest BCUT2D eigenvalue weighted by Gasteiger charge is 2.53. The Labute approximate surface area is 130 Å². The van der Waals surface area contributed by atoms with Gasteiger partial charge in [0.15, 0.2) is 0 Å². The van der Waals surface area contributed by atoms with Crippen LogP contribution in [0.25, 0.3) is 0 Å². The van der Waals surface area contributed by atoms with Crippen molar-refractivity contribution in [3.63, 3.8) is 0 Å². The number of nitrogens with zero attached hydrogens (tertiary/aromatic N) is 2.